The molecule has 0 aliphatic rings. The lowest BCUT2D eigenvalue weighted by Gasteiger charge is -2.09. The Morgan fingerprint density at radius 3 is 2.54 bits per heavy atom. The molecule has 0 aliphatic carbocycles. The number of rotatable bonds is 6. The van der Waals surface area contributed by atoms with Crippen LogP contribution in [-0.2, 0) is 20.7 Å². The first-order chi connectivity index (χ1) is 11.5. The summed E-state index contributed by atoms with van der Waals surface area (Å²) in [6.45, 7) is 3.66. The molecule has 0 aromatic heterocycles. The standard InChI is InChI=1S/C19H21NO4/c1-13-7-8-16(9-14(13)2)20-18(21)12-24-19(22)11-15-5-4-6-17(10-15)23-3/h4-10H,11-12H2,1-3H3,(H,20,21). The topological polar surface area (TPSA) is 64.6 Å². The van der Waals surface area contributed by atoms with Gasteiger partial charge >= 0.3 is 5.97 Å². The molecule has 0 unspecified atom stereocenters. The minimum atomic E-state index is -0.460. The first kappa shape index (κ1) is 17.5. The molecule has 24 heavy (non-hydrogen) atoms. The summed E-state index contributed by atoms with van der Waals surface area (Å²) >= 11 is 0. The molecule has 0 aliphatic heterocycles. The van der Waals surface area contributed by atoms with Gasteiger partial charge in [0.2, 0.25) is 0 Å². The van der Waals surface area contributed by atoms with Gasteiger partial charge in [0.05, 0.1) is 13.5 Å². The molecule has 0 atom stereocenters. The summed E-state index contributed by atoms with van der Waals surface area (Å²) in [4.78, 5) is 23.7. The number of esters is 1. The molecule has 2 aromatic carbocycles. The zero-order valence-electron chi connectivity index (χ0n) is 14.1. The number of ether oxygens (including phenoxy) is 2. The monoisotopic (exact) mass is 327 g/mol. The molecule has 0 fully saturated rings. The van der Waals surface area contributed by atoms with Gasteiger partial charge in [0.15, 0.2) is 6.61 Å². The maximum absolute atomic E-state index is 11.9. The molecular weight excluding hydrogens is 306 g/mol. The quantitative estimate of drug-likeness (QED) is 0.828. The zero-order chi connectivity index (χ0) is 17.5. The Balaban J connectivity index is 1.82. The van der Waals surface area contributed by atoms with Crippen LogP contribution in [0.15, 0.2) is 42.5 Å². The Morgan fingerprint density at radius 1 is 1.04 bits per heavy atom. The molecule has 0 bridgehead atoms. The van der Waals surface area contributed by atoms with Gasteiger partial charge in [-0.25, -0.2) is 0 Å². The second kappa shape index (κ2) is 8.15. The number of anilines is 1. The molecule has 0 saturated heterocycles. The van der Waals surface area contributed by atoms with Crippen LogP contribution in [-0.4, -0.2) is 25.6 Å². The Labute approximate surface area is 141 Å². The normalized spacial score (nSPS) is 10.1. The van der Waals surface area contributed by atoms with Crippen molar-refractivity contribution in [2.45, 2.75) is 20.3 Å². The van der Waals surface area contributed by atoms with Crippen molar-refractivity contribution < 1.29 is 19.1 Å². The van der Waals surface area contributed by atoms with Gasteiger partial charge in [-0.05, 0) is 54.8 Å². The third kappa shape index (κ3) is 5.12. The number of amides is 1. The van der Waals surface area contributed by atoms with E-state index in [-0.39, 0.29) is 18.9 Å². The predicted octanol–water partition coefficient (Wildman–Crippen LogP) is 3.04. The van der Waals surface area contributed by atoms with Gasteiger partial charge < -0.3 is 14.8 Å². The van der Waals surface area contributed by atoms with Crippen molar-refractivity contribution in [3.8, 4) is 5.75 Å². The molecule has 5 heteroatoms. The fraction of sp³-hybridized carbons (Fsp3) is 0.263. The van der Waals surface area contributed by atoms with E-state index in [1.54, 1.807) is 31.4 Å². The van der Waals surface area contributed by atoms with E-state index in [9.17, 15) is 9.59 Å². The zero-order valence-corrected chi connectivity index (χ0v) is 14.1. The molecule has 0 spiro atoms. The van der Waals surface area contributed by atoms with Crippen LogP contribution in [0.1, 0.15) is 16.7 Å². The first-order valence-electron chi connectivity index (χ1n) is 7.63. The summed E-state index contributed by atoms with van der Waals surface area (Å²) in [5, 5.41) is 2.71. The lowest BCUT2D eigenvalue weighted by molar-refractivity contribution is -0.146. The van der Waals surface area contributed by atoms with Gasteiger partial charge in [0.25, 0.3) is 5.91 Å². The van der Waals surface area contributed by atoms with Crippen molar-refractivity contribution in [3.63, 3.8) is 0 Å². The highest BCUT2D eigenvalue weighted by Gasteiger charge is 2.10. The second-order valence-electron chi connectivity index (χ2n) is 5.54. The van der Waals surface area contributed by atoms with E-state index in [0.29, 0.717) is 11.4 Å². The van der Waals surface area contributed by atoms with Crippen molar-refractivity contribution in [1.82, 2.24) is 0 Å². The molecule has 0 saturated carbocycles. The van der Waals surface area contributed by atoms with Gasteiger partial charge in [0, 0.05) is 5.69 Å². The van der Waals surface area contributed by atoms with Crippen LogP contribution >= 0.6 is 0 Å². The number of benzene rings is 2. The van der Waals surface area contributed by atoms with E-state index in [4.69, 9.17) is 9.47 Å². The summed E-state index contributed by atoms with van der Waals surface area (Å²) in [7, 11) is 1.56. The maximum Gasteiger partial charge on any atom is 0.310 e. The van der Waals surface area contributed by atoms with E-state index in [1.165, 1.54) is 0 Å². The van der Waals surface area contributed by atoms with Crippen LogP contribution in [0, 0.1) is 13.8 Å². The van der Waals surface area contributed by atoms with Crippen LogP contribution in [0.3, 0.4) is 0 Å². The second-order valence-corrected chi connectivity index (χ2v) is 5.54. The Morgan fingerprint density at radius 2 is 1.83 bits per heavy atom. The molecule has 1 amide bonds. The average Bonchev–Trinajstić information content (AvgIpc) is 2.56. The van der Waals surface area contributed by atoms with Crippen molar-refractivity contribution in [1.29, 1.82) is 0 Å². The largest absolute Gasteiger partial charge is 0.497 e. The van der Waals surface area contributed by atoms with E-state index in [0.717, 1.165) is 16.7 Å². The lowest BCUT2D eigenvalue weighted by Crippen LogP contribution is -2.21. The molecule has 0 radical (unpaired) electrons. The number of nitrogens with one attached hydrogen (secondary N) is 1. The summed E-state index contributed by atoms with van der Waals surface area (Å²) < 4.78 is 10.1. The average molecular weight is 327 g/mol. The fourth-order valence-corrected chi connectivity index (χ4v) is 2.16. The molecule has 2 aromatic rings. The van der Waals surface area contributed by atoms with Crippen molar-refractivity contribution in [2.75, 3.05) is 19.0 Å². The third-order valence-corrected chi connectivity index (χ3v) is 3.64. The number of carbonyl (C=O) groups excluding carboxylic acids is 2. The number of hydrogen-bond acceptors (Lipinski definition) is 4. The minimum Gasteiger partial charge on any atom is -0.497 e. The van der Waals surface area contributed by atoms with E-state index in [1.807, 2.05) is 32.0 Å². The van der Waals surface area contributed by atoms with Crippen molar-refractivity contribution >= 4 is 17.6 Å². The number of carbonyl (C=O) groups is 2. The van der Waals surface area contributed by atoms with Gasteiger partial charge in [-0.1, -0.05) is 18.2 Å². The highest BCUT2D eigenvalue weighted by atomic mass is 16.5. The maximum atomic E-state index is 11.9. The number of methoxy groups -OCH3 is 1. The Bertz CT molecular complexity index is 740. The molecule has 5 nitrogen and oxygen atoms in total. The minimum absolute atomic E-state index is 0.0914. The van der Waals surface area contributed by atoms with Crippen LogP contribution in [0.4, 0.5) is 5.69 Å². The fourth-order valence-electron chi connectivity index (χ4n) is 2.16. The highest BCUT2D eigenvalue weighted by molar-refractivity contribution is 5.93. The smallest absolute Gasteiger partial charge is 0.310 e. The van der Waals surface area contributed by atoms with Gasteiger partial charge in [0.1, 0.15) is 5.75 Å². The Hall–Kier alpha value is -2.82. The first-order valence-corrected chi connectivity index (χ1v) is 7.63. The van der Waals surface area contributed by atoms with Gasteiger partial charge in [-0.2, -0.15) is 0 Å². The summed E-state index contributed by atoms with van der Waals surface area (Å²) in [5.41, 5.74) is 3.70. The Kier molecular flexibility index (Phi) is 5.95. The number of aryl methyl sites for hydroxylation is 2. The third-order valence-electron chi connectivity index (χ3n) is 3.64. The van der Waals surface area contributed by atoms with Crippen LogP contribution in [0.2, 0.25) is 0 Å². The van der Waals surface area contributed by atoms with Crippen LogP contribution < -0.4 is 10.1 Å². The molecule has 0 heterocycles. The summed E-state index contributed by atoms with van der Waals surface area (Å²) in [6, 6.07) is 12.8. The summed E-state index contributed by atoms with van der Waals surface area (Å²) in [5.74, 6) is -0.150. The van der Waals surface area contributed by atoms with E-state index in [2.05, 4.69) is 5.32 Å². The van der Waals surface area contributed by atoms with E-state index >= 15 is 0 Å². The van der Waals surface area contributed by atoms with Gasteiger partial charge in [-0.15, -0.1) is 0 Å². The van der Waals surface area contributed by atoms with Crippen LogP contribution in [0.5, 0.6) is 5.75 Å². The van der Waals surface area contributed by atoms with Crippen molar-refractivity contribution in [2.24, 2.45) is 0 Å². The molecule has 1 N–H and O–H groups in total. The summed E-state index contributed by atoms with van der Waals surface area (Å²) in [6.07, 6.45) is 0.0914. The number of hydrogen-bond donors (Lipinski definition) is 1. The molecule has 126 valence electrons. The van der Waals surface area contributed by atoms with Gasteiger partial charge in [-0.3, -0.25) is 9.59 Å². The predicted molar refractivity (Wildman–Crippen MR) is 92.2 cm³/mol. The molecule has 2 rings (SSSR count). The van der Waals surface area contributed by atoms with Crippen molar-refractivity contribution in [3.05, 3.63) is 59.2 Å². The van der Waals surface area contributed by atoms with Crippen LogP contribution in [0.25, 0.3) is 0 Å². The SMILES string of the molecule is COc1cccc(CC(=O)OCC(=O)Nc2ccc(C)c(C)c2)c1. The lowest BCUT2D eigenvalue weighted by atomic mass is 10.1. The van der Waals surface area contributed by atoms with E-state index < -0.39 is 5.97 Å². The highest BCUT2D eigenvalue weighted by Crippen LogP contribution is 2.15. The molecular formula is C19H21NO4.